The van der Waals surface area contributed by atoms with Crippen LogP contribution in [0.3, 0.4) is 0 Å². The van der Waals surface area contributed by atoms with E-state index in [0.717, 1.165) is 41.8 Å². The standard InChI is InChI=1S/C18H22N4O2/c1-12-6-3-4-8-14(12)22-15-9-5-7-13(15)17(21-22)18(24)20-11-10-16(23)19-2/h3-4,6,8H,5,7,9-11H2,1-2H3,(H,19,23)(H,20,24). The quantitative estimate of drug-likeness (QED) is 0.875. The summed E-state index contributed by atoms with van der Waals surface area (Å²) in [5.74, 6) is -0.296. The molecule has 1 aliphatic carbocycles. The van der Waals surface area contributed by atoms with Crippen LogP contribution in [0.1, 0.15) is 40.2 Å². The van der Waals surface area contributed by atoms with Crippen LogP contribution in [-0.4, -0.2) is 35.2 Å². The van der Waals surface area contributed by atoms with Crippen molar-refractivity contribution in [3.63, 3.8) is 0 Å². The van der Waals surface area contributed by atoms with Gasteiger partial charge < -0.3 is 10.6 Å². The Bertz CT molecular complexity index is 779. The van der Waals surface area contributed by atoms with Crippen molar-refractivity contribution in [2.75, 3.05) is 13.6 Å². The minimum absolute atomic E-state index is 0.0917. The number of hydrogen-bond donors (Lipinski definition) is 2. The Labute approximate surface area is 141 Å². The van der Waals surface area contributed by atoms with Crippen LogP contribution < -0.4 is 10.6 Å². The van der Waals surface area contributed by atoms with Crippen molar-refractivity contribution in [3.8, 4) is 5.69 Å². The number of para-hydroxylation sites is 1. The van der Waals surface area contributed by atoms with Gasteiger partial charge in [-0.15, -0.1) is 0 Å². The van der Waals surface area contributed by atoms with Gasteiger partial charge in [0.1, 0.15) is 0 Å². The Morgan fingerprint density at radius 3 is 2.79 bits per heavy atom. The van der Waals surface area contributed by atoms with E-state index < -0.39 is 0 Å². The molecule has 2 aromatic rings. The van der Waals surface area contributed by atoms with Gasteiger partial charge in [-0.05, 0) is 37.8 Å². The Kier molecular flexibility index (Phi) is 4.64. The molecule has 126 valence electrons. The lowest BCUT2D eigenvalue weighted by Gasteiger charge is -2.08. The molecule has 0 saturated heterocycles. The third-order valence-electron chi connectivity index (χ3n) is 4.41. The summed E-state index contributed by atoms with van der Waals surface area (Å²) in [6, 6.07) is 8.04. The predicted octanol–water partition coefficient (Wildman–Crippen LogP) is 1.54. The minimum Gasteiger partial charge on any atom is -0.359 e. The number of benzene rings is 1. The largest absolute Gasteiger partial charge is 0.359 e. The Morgan fingerprint density at radius 2 is 2.04 bits per heavy atom. The van der Waals surface area contributed by atoms with E-state index in [1.807, 2.05) is 35.9 Å². The highest BCUT2D eigenvalue weighted by Gasteiger charge is 2.27. The lowest BCUT2D eigenvalue weighted by atomic mass is 10.2. The number of amides is 2. The van der Waals surface area contributed by atoms with Crippen LogP contribution in [0.15, 0.2) is 24.3 Å². The molecule has 24 heavy (non-hydrogen) atoms. The third-order valence-corrected chi connectivity index (χ3v) is 4.41. The third kappa shape index (κ3) is 3.04. The zero-order chi connectivity index (χ0) is 17.1. The van der Waals surface area contributed by atoms with Crippen molar-refractivity contribution >= 4 is 11.8 Å². The number of fused-ring (bicyclic) bond motifs is 1. The van der Waals surface area contributed by atoms with Gasteiger partial charge in [-0.3, -0.25) is 9.59 Å². The first kappa shape index (κ1) is 16.2. The van der Waals surface area contributed by atoms with Gasteiger partial charge in [0.05, 0.1) is 5.69 Å². The van der Waals surface area contributed by atoms with E-state index in [2.05, 4.69) is 15.7 Å². The van der Waals surface area contributed by atoms with Gasteiger partial charge in [0.25, 0.3) is 5.91 Å². The molecule has 0 aliphatic heterocycles. The fourth-order valence-electron chi connectivity index (χ4n) is 3.12. The average molecular weight is 326 g/mol. The SMILES string of the molecule is CNC(=O)CCNC(=O)c1nn(-c2ccccc2C)c2c1CCC2. The van der Waals surface area contributed by atoms with E-state index in [9.17, 15) is 9.59 Å². The molecule has 2 N–H and O–H groups in total. The van der Waals surface area contributed by atoms with Gasteiger partial charge >= 0.3 is 0 Å². The van der Waals surface area contributed by atoms with E-state index in [4.69, 9.17) is 0 Å². The molecule has 3 rings (SSSR count). The molecule has 1 heterocycles. The van der Waals surface area contributed by atoms with Gasteiger partial charge in [-0.1, -0.05) is 18.2 Å². The second kappa shape index (κ2) is 6.86. The summed E-state index contributed by atoms with van der Waals surface area (Å²) in [6.07, 6.45) is 3.11. The number of nitrogens with zero attached hydrogens (tertiary/aromatic N) is 2. The second-order valence-electron chi connectivity index (χ2n) is 6.00. The number of hydrogen-bond acceptors (Lipinski definition) is 3. The minimum atomic E-state index is -0.204. The zero-order valence-corrected chi connectivity index (χ0v) is 14.1. The van der Waals surface area contributed by atoms with Crippen molar-refractivity contribution in [2.45, 2.75) is 32.6 Å². The Balaban J connectivity index is 1.85. The molecule has 1 aliphatic rings. The summed E-state index contributed by atoms with van der Waals surface area (Å²) in [6.45, 7) is 2.35. The van der Waals surface area contributed by atoms with E-state index in [1.54, 1.807) is 7.05 Å². The summed E-state index contributed by atoms with van der Waals surface area (Å²) in [4.78, 5) is 23.7. The monoisotopic (exact) mass is 326 g/mol. The molecule has 6 nitrogen and oxygen atoms in total. The highest BCUT2D eigenvalue weighted by molar-refractivity contribution is 5.94. The number of rotatable bonds is 5. The van der Waals surface area contributed by atoms with E-state index in [1.165, 1.54) is 0 Å². The second-order valence-corrected chi connectivity index (χ2v) is 6.00. The molecule has 1 aromatic heterocycles. The first-order valence-corrected chi connectivity index (χ1v) is 8.27. The van der Waals surface area contributed by atoms with Gasteiger partial charge in [0.2, 0.25) is 5.91 Å². The summed E-state index contributed by atoms with van der Waals surface area (Å²) < 4.78 is 1.91. The maximum atomic E-state index is 12.5. The Morgan fingerprint density at radius 1 is 1.25 bits per heavy atom. The van der Waals surface area contributed by atoms with Crippen LogP contribution in [0.5, 0.6) is 0 Å². The number of aryl methyl sites for hydroxylation is 1. The molecule has 0 bridgehead atoms. The van der Waals surface area contributed by atoms with Gasteiger partial charge in [0.15, 0.2) is 5.69 Å². The van der Waals surface area contributed by atoms with E-state index in [-0.39, 0.29) is 18.2 Å². The van der Waals surface area contributed by atoms with Crippen LogP contribution >= 0.6 is 0 Å². The summed E-state index contributed by atoms with van der Waals surface area (Å²) in [7, 11) is 1.58. The molecule has 0 saturated carbocycles. The molecule has 0 fully saturated rings. The van der Waals surface area contributed by atoms with E-state index >= 15 is 0 Å². The lowest BCUT2D eigenvalue weighted by molar-refractivity contribution is -0.120. The molecule has 1 aromatic carbocycles. The number of nitrogens with one attached hydrogen (secondary N) is 2. The summed E-state index contributed by atoms with van der Waals surface area (Å²) in [5, 5.41) is 9.92. The topological polar surface area (TPSA) is 76.0 Å². The molecule has 0 atom stereocenters. The predicted molar refractivity (Wildman–Crippen MR) is 91.3 cm³/mol. The number of aromatic nitrogens is 2. The van der Waals surface area contributed by atoms with Crippen LogP contribution in [-0.2, 0) is 17.6 Å². The first-order chi connectivity index (χ1) is 11.6. The van der Waals surface area contributed by atoms with Crippen LogP contribution in [0.4, 0.5) is 0 Å². The Hall–Kier alpha value is -2.63. The fraction of sp³-hybridized carbons (Fsp3) is 0.389. The number of carbonyl (C=O) groups is 2. The van der Waals surface area contributed by atoms with Crippen molar-refractivity contribution in [3.05, 3.63) is 46.8 Å². The summed E-state index contributed by atoms with van der Waals surface area (Å²) >= 11 is 0. The molecular weight excluding hydrogens is 304 g/mol. The van der Waals surface area contributed by atoms with E-state index in [0.29, 0.717) is 12.2 Å². The van der Waals surface area contributed by atoms with Gasteiger partial charge in [-0.2, -0.15) is 5.10 Å². The normalized spacial score (nSPS) is 12.8. The van der Waals surface area contributed by atoms with Gasteiger partial charge in [-0.25, -0.2) is 4.68 Å². The fourth-order valence-corrected chi connectivity index (χ4v) is 3.12. The highest BCUT2D eigenvalue weighted by atomic mass is 16.2. The zero-order valence-electron chi connectivity index (χ0n) is 14.1. The molecule has 0 spiro atoms. The lowest BCUT2D eigenvalue weighted by Crippen LogP contribution is -2.30. The number of carbonyl (C=O) groups excluding carboxylic acids is 2. The van der Waals surface area contributed by atoms with Crippen molar-refractivity contribution < 1.29 is 9.59 Å². The van der Waals surface area contributed by atoms with Crippen molar-refractivity contribution in [1.29, 1.82) is 0 Å². The van der Waals surface area contributed by atoms with Crippen LogP contribution in [0, 0.1) is 6.92 Å². The van der Waals surface area contributed by atoms with Crippen molar-refractivity contribution in [2.24, 2.45) is 0 Å². The van der Waals surface area contributed by atoms with Crippen LogP contribution in [0.2, 0.25) is 0 Å². The van der Waals surface area contributed by atoms with Crippen LogP contribution in [0.25, 0.3) is 5.69 Å². The molecule has 0 radical (unpaired) electrons. The molecular formula is C18H22N4O2. The molecule has 0 unspecified atom stereocenters. The maximum absolute atomic E-state index is 12.5. The average Bonchev–Trinajstić information content (AvgIpc) is 3.17. The first-order valence-electron chi connectivity index (χ1n) is 8.27. The highest BCUT2D eigenvalue weighted by Crippen LogP contribution is 2.28. The molecule has 2 amide bonds. The maximum Gasteiger partial charge on any atom is 0.272 e. The molecule has 6 heteroatoms. The van der Waals surface area contributed by atoms with Crippen molar-refractivity contribution in [1.82, 2.24) is 20.4 Å². The summed E-state index contributed by atoms with van der Waals surface area (Å²) in [5.41, 5.74) is 4.79. The van der Waals surface area contributed by atoms with Gasteiger partial charge in [0, 0.05) is 31.3 Å². The smallest absolute Gasteiger partial charge is 0.272 e.